The second-order valence-corrected chi connectivity index (χ2v) is 7.48. The maximum atomic E-state index is 10.7. The average Bonchev–Trinajstić information content (AvgIpc) is 2.95. The molecule has 198 valence electrons. The van der Waals surface area contributed by atoms with Crippen molar-refractivity contribution in [1.29, 1.82) is 10.5 Å². The van der Waals surface area contributed by atoms with Crippen molar-refractivity contribution >= 4 is 56.6 Å². The Morgan fingerprint density at radius 2 is 1.43 bits per heavy atom. The molecule has 0 atom stereocenters. The van der Waals surface area contributed by atoms with E-state index in [4.69, 9.17) is 38.1 Å². The van der Waals surface area contributed by atoms with Gasteiger partial charge >= 0.3 is 29.6 Å². The van der Waals surface area contributed by atoms with Crippen molar-refractivity contribution < 1.29 is 49.5 Å². The molecule has 5 N–H and O–H groups in total. The van der Waals surface area contributed by atoms with E-state index in [1.54, 1.807) is 18.5 Å². The largest absolute Gasteiger partial charge is 1.00 e. The first-order valence-electron chi connectivity index (χ1n) is 10.7. The summed E-state index contributed by atoms with van der Waals surface area (Å²) in [4.78, 5) is 33.7. The standard InChI is InChI=1S/C13H10N4O2.C10H8ClN.C3H2N3O.Na.H2O/c14-7-12(13(15)18)17-19-8-9-3-4-11-10(6-9)2-1-5-16-11;11-7-8-3-4-10-9(6-8)2-1-5-12-10;4-1-2(5)3(6)7;;/h1-6H,8H2,(H2,15,18);1-6H,7H2;(H2,6,7);;1H2/q;;-1;+1;/p-1. The van der Waals surface area contributed by atoms with E-state index in [2.05, 4.69) is 26.9 Å². The number of rotatable bonds is 6. The van der Waals surface area contributed by atoms with Gasteiger partial charge in [-0.25, -0.2) is 0 Å². The predicted octanol–water partition coefficient (Wildman–Crippen LogP) is -0.0772. The number of benzene rings is 2. The fourth-order valence-corrected chi connectivity index (χ4v) is 2.94. The number of primary amides is 2. The van der Waals surface area contributed by atoms with Crippen molar-refractivity contribution in [3.05, 3.63) is 89.6 Å². The summed E-state index contributed by atoms with van der Waals surface area (Å²) in [6, 6.07) is 22.1. The minimum Gasteiger partial charge on any atom is -0.870 e. The minimum atomic E-state index is -1.09. The van der Waals surface area contributed by atoms with Crippen molar-refractivity contribution in [2.24, 2.45) is 16.6 Å². The number of fused-ring (bicyclic) bond motifs is 2. The van der Waals surface area contributed by atoms with E-state index in [9.17, 15) is 9.59 Å². The number of nitrogens with zero attached hydrogens (tertiary/aromatic N) is 6. The molecule has 2 heterocycles. The Hall–Kier alpha value is -4.43. The van der Waals surface area contributed by atoms with E-state index in [0.717, 1.165) is 39.0 Å². The molecule has 0 fully saturated rings. The number of aromatic nitrogens is 2. The molecule has 0 saturated heterocycles. The number of alkyl halides is 1. The molecule has 0 aliphatic rings. The number of nitriles is 2. The average molecular weight is 568 g/mol. The Kier molecular flexibility index (Phi) is 16.7. The van der Waals surface area contributed by atoms with Gasteiger partial charge in [0.1, 0.15) is 12.7 Å². The van der Waals surface area contributed by atoms with Gasteiger partial charge in [0.05, 0.1) is 17.1 Å². The van der Waals surface area contributed by atoms with Gasteiger partial charge < -0.3 is 27.2 Å². The number of oxime groups is 1. The molecule has 40 heavy (non-hydrogen) atoms. The van der Waals surface area contributed by atoms with Gasteiger partial charge in [-0.1, -0.05) is 29.4 Å². The monoisotopic (exact) mass is 567 g/mol. The first-order chi connectivity index (χ1) is 18.3. The van der Waals surface area contributed by atoms with Gasteiger partial charge in [0.2, 0.25) is 11.6 Å². The fraction of sp³-hybridized carbons (Fsp3) is 0.0769. The maximum Gasteiger partial charge on any atom is 1.00 e. The van der Waals surface area contributed by atoms with Gasteiger partial charge in [-0.15, -0.1) is 11.6 Å². The summed E-state index contributed by atoms with van der Waals surface area (Å²) >= 11 is 5.71. The Morgan fingerprint density at radius 1 is 0.900 bits per heavy atom. The summed E-state index contributed by atoms with van der Waals surface area (Å²) in [5.74, 6) is -1.45. The molecule has 0 saturated carbocycles. The molecule has 0 unspecified atom stereocenters. The molecule has 12 nitrogen and oxygen atoms in total. The zero-order valence-corrected chi connectivity index (χ0v) is 24.0. The van der Waals surface area contributed by atoms with E-state index in [0.29, 0.717) is 5.88 Å². The van der Waals surface area contributed by atoms with E-state index < -0.39 is 23.2 Å². The van der Waals surface area contributed by atoms with Crippen LogP contribution in [-0.2, 0) is 26.9 Å². The molecule has 0 bridgehead atoms. The number of amides is 2. The Morgan fingerprint density at radius 3 is 1.85 bits per heavy atom. The molecule has 2 amide bonds. The molecule has 0 spiro atoms. The molecule has 2 aromatic heterocycles. The summed E-state index contributed by atoms with van der Waals surface area (Å²) in [6.45, 7) is 0.142. The van der Waals surface area contributed by atoms with Crippen LogP contribution in [0.5, 0.6) is 0 Å². The zero-order valence-electron chi connectivity index (χ0n) is 21.2. The predicted molar refractivity (Wildman–Crippen MR) is 145 cm³/mol. The van der Waals surface area contributed by atoms with Crippen molar-refractivity contribution in [2.45, 2.75) is 12.5 Å². The van der Waals surface area contributed by atoms with Crippen LogP contribution in [0.25, 0.3) is 27.2 Å². The molecule has 0 aliphatic heterocycles. The Labute approximate surface area is 256 Å². The molecule has 4 aromatic rings. The van der Waals surface area contributed by atoms with Crippen LogP contribution in [0, 0.1) is 22.7 Å². The summed E-state index contributed by atoms with van der Waals surface area (Å²) in [7, 11) is 0. The summed E-state index contributed by atoms with van der Waals surface area (Å²) in [6.07, 6.45) is 3.51. The molecule has 0 aliphatic carbocycles. The number of carbonyl (C=O) groups excluding carboxylic acids is 2. The molecule has 4 rings (SSSR count). The van der Waals surface area contributed by atoms with Gasteiger partial charge in [-0.05, 0) is 53.2 Å². The second-order valence-electron chi connectivity index (χ2n) is 7.21. The third kappa shape index (κ3) is 11.5. The molecular formula is C26H21ClN8NaO4-. The smallest absolute Gasteiger partial charge is 0.870 e. The first-order valence-corrected chi connectivity index (χ1v) is 11.2. The summed E-state index contributed by atoms with van der Waals surface area (Å²) < 4.78 is 0. The minimum absolute atomic E-state index is 0. The van der Waals surface area contributed by atoms with Crippen LogP contribution < -0.4 is 41.0 Å². The van der Waals surface area contributed by atoms with Gasteiger partial charge in [-0.3, -0.25) is 19.6 Å². The van der Waals surface area contributed by atoms with Crippen LogP contribution in [0.15, 0.2) is 78.2 Å². The van der Waals surface area contributed by atoms with Crippen LogP contribution in [0.4, 0.5) is 0 Å². The SMILES string of the molecule is ClCc1ccc2ncccc2c1.N#CC(=NOCc1ccc2ncccc2c1)C(N)=O.N#CC(=[N-])C(N)=O.[Na+].[OH-]. The number of hydrogen-bond acceptors (Lipinski definition) is 9. The van der Waals surface area contributed by atoms with Crippen LogP contribution >= 0.6 is 11.6 Å². The maximum absolute atomic E-state index is 10.7. The molecule has 14 heteroatoms. The summed E-state index contributed by atoms with van der Waals surface area (Å²) in [5, 5.41) is 29.8. The molecule has 0 radical (unpaired) electrons. The van der Waals surface area contributed by atoms with E-state index in [-0.39, 0.29) is 41.6 Å². The van der Waals surface area contributed by atoms with E-state index in [1.165, 1.54) is 0 Å². The quantitative estimate of drug-likeness (QED) is 0.138. The van der Waals surface area contributed by atoms with Crippen LogP contribution in [0.1, 0.15) is 11.1 Å². The van der Waals surface area contributed by atoms with E-state index >= 15 is 0 Å². The molecule has 2 aromatic carbocycles. The van der Waals surface area contributed by atoms with E-state index in [1.807, 2.05) is 54.6 Å². The zero-order chi connectivity index (χ0) is 27.9. The fourth-order valence-electron chi connectivity index (χ4n) is 2.77. The Balaban J connectivity index is 0.000000623. The van der Waals surface area contributed by atoms with Crippen molar-refractivity contribution in [2.75, 3.05) is 0 Å². The van der Waals surface area contributed by atoms with Gasteiger partial charge in [-0.2, -0.15) is 10.5 Å². The number of hydrogen-bond donors (Lipinski definition) is 2. The Bertz CT molecular complexity index is 1580. The number of carbonyl (C=O) groups is 2. The van der Waals surface area contributed by atoms with Crippen molar-refractivity contribution in [1.82, 2.24) is 9.97 Å². The van der Waals surface area contributed by atoms with Gasteiger partial charge in [0.25, 0.3) is 5.91 Å². The van der Waals surface area contributed by atoms with Crippen LogP contribution in [0.3, 0.4) is 0 Å². The third-order valence-corrected chi connectivity index (χ3v) is 4.86. The second kappa shape index (κ2) is 18.8. The first kappa shape index (κ1) is 35.6. The van der Waals surface area contributed by atoms with Crippen LogP contribution in [0.2, 0.25) is 0 Å². The van der Waals surface area contributed by atoms with Crippen molar-refractivity contribution in [3.63, 3.8) is 0 Å². The van der Waals surface area contributed by atoms with Gasteiger partial charge in [0, 0.05) is 29.0 Å². The number of halogens is 1. The topological polar surface area (TPSA) is 233 Å². The third-order valence-electron chi connectivity index (χ3n) is 4.55. The van der Waals surface area contributed by atoms with Crippen molar-refractivity contribution in [3.8, 4) is 12.1 Å². The summed E-state index contributed by atoms with van der Waals surface area (Å²) in [5.41, 5.74) is 11.8. The van der Waals surface area contributed by atoms with Crippen LogP contribution in [-0.4, -0.2) is 38.7 Å². The number of nitrogens with two attached hydrogens (primary N) is 2. The van der Waals surface area contributed by atoms with Gasteiger partial charge in [0.15, 0.2) is 0 Å². The number of pyridine rings is 2. The normalized spacial score (nSPS) is 9.53. The molecular weight excluding hydrogens is 547 g/mol.